The van der Waals surface area contributed by atoms with Crippen molar-refractivity contribution in [3.63, 3.8) is 0 Å². The molecule has 0 unspecified atom stereocenters. The van der Waals surface area contributed by atoms with Gasteiger partial charge >= 0.3 is 6.03 Å². The molecule has 0 saturated carbocycles. The highest BCUT2D eigenvalue weighted by Crippen LogP contribution is 2.18. The largest absolute Gasteiger partial charge is 0.480 e. The van der Waals surface area contributed by atoms with Gasteiger partial charge in [0, 0.05) is 24.2 Å². The average Bonchev–Trinajstić information content (AvgIpc) is 2.89. The van der Waals surface area contributed by atoms with Gasteiger partial charge < -0.3 is 15.0 Å². The molecule has 1 N–H and O–H groups in total. The molecule has 0 saturated heterocycles. The van der Waals surface area contributed by atoms with Gasteiger partial charge in [0.05, 0.1) is 25.5 Å². The van der Waals surface area contributed by atoms with Crippen molar-refractivity contribution in [2.75, 3.05) is 19.5 Å². The molecule has 8 heteroatoms. The number of hydrogen-bond acceptors (Lipinski definition) is 5. The Bertz CT molecular complexity index is 605. The molecule has 0 aliphatic rings. The molecule has 0 aliphatic carbocycles. The third-order valence-electron chi connectivity index (χ3n) is 2.50. The van der Waals surface area contributed by atoms with E-state index in [-0.39, 0.29) is 5.69 Å². The molecule has 0 atom stereocenters. The first kappa shape index (κ1) is 14.2. The lowest BCUT2D eigenvalue weighted by Crippen LogP contribution is -2.30. The maximum absolute atomic E-state index is 13.4. The predicted molar refractivity (Wildman–Crippen MR) is 73.3 cm³/mol. The number of amides is 2. The van der Waals surface area contributed by atoms with E-state index in [4.69, 9.17) is 4.74 Å². The number of anilines is 1. The lowest BCUT2D eigenvalue weighted by atomic mass is 10.4. The van der Waals surface area contributed by atoms with Crippen LogP contribution in [-0.2, 0) is 6.54 Å². The second-order valence-electron chi connectivity index (χ2n) is 3.98. The Hall–Kier alpha value is -2.22. The van der Waals surface area contributed by atoms with Gasteiger partial charge in [-0.15, -0.1) is 0 Å². The summed E-state index contributed by atoms with van der Waals surface area (Å²) in [7, 11) is 3.14. The zero-order valence-electron chi connectivity index (χ0n) is 11.0. The van der Waals surface area contributed by atoms with E-state index in [2.05, 4.69) is 14.7 Å². The number of nitrogens with one attached hydrogen (secondary N) is 1. The molecule has 0 radical (unpaired) electrons. The Morgan fingerprint density at radius 3 is 3.05 bits per heavy atom. The lowest BCUT2D eigenvalue weighted by molar-refractivity contribution is 0.221. The summed E-state index contributed by atoms with van der Waals surface area (Å²) in [6, 6.07) is 2.74. The Morgan fingerprint density at radius 2 is 2.40 bits per heavy atom. The minimum atomic E-state index is -0.575. The molecule has 106 valence electrons. The van der Waals surface area contributed by atoms with Crippen molar-refractivity contribution in [3.05, 3.63) is 35.2 Å². The van der Waals surface area contributed by atoms with Gasteiger partial charge in [-0.25, -0.2) is 9.18 Å². The SMILES string of the molecule is COc1cc(CN(C)C(=O)Nc2ccncc2F)sn1. The van der Waals surface area contributed by atoms with Crippen molar-refractivity contribution >= 4 is 23.3 Å². The fraction of sp³-hybridized carbons (Fsp3) is 0.250. The van der Waals surface area contributed by atoms with Crippen LogP contribution in [0.4, 0.5) is 14.9 Å². The van der Waals surface area contributed by atoms with E-state index >= 15 is 0 Å². The summed E-state index contributed by atoms with van der Waals surface area (Å²) >= 11 is 1.25. The Kier molecular flexibility index (Phi) is 4.46. The highest BCUT2D eigenvalue weighted by atomic mass is 32.1. The predicted octanol–water partition coefficient (Wildman–Crippen LogP) is 2.35. The van der Waals surface area contributed by atoms with Gasteiger partial charge in [0.1, 0.15) is 0 Å². The fourth-order valence-electron chi connectivity index (χ4n) is 1.46. The topological polar surface area (TPSA) is 67.3 Å². The van der Waals surface area contributed by atoms with Crippen LogP contribution in [0.15, 0.2) is 24.5 Å². The van der Waals surface area contributed by atoms with E-state index in [1.165, 1.54) is 35.8 Å². The van der Waals surface area contributed by atoms with Gasteiger partial charge in [0.25, 0.3) is 0 Å². The molecule has 6 nitrogen and oxygen atoms in total. The summed E-state index contributed by atoms with van der Waals surface area (Å²) in [5.74, 6) is -0.0623. The van der Waals surface area contributed by atoms with E-state index in [1.54, 1.807) is 13.1 Å². The van der Waals surface area contributed by atoms with E-state index in [0.29, 0.717) is 12.4 Å². The molecular formula is C12H13FN4O2S. The number of rotatable bonds is 4. The van der Waals surface area contributed by atoms with Crippen LogP contribution >= 0.6 is 11.5 Å². The molecule has 0 bridgehead atoms. The molecule has 0 aliphatic heterocycles. The summed E-state index contributed by atoms with van der Waals surface area (Å²) < 4.78 is 22.4. The van der Waals surface area contributed by atoms with Crippen LogP contribution in [0.1, 0.15) is 4.88 Å². The fourth-order valence-corrected chi connectivity index (χ4v) is 2.20. The summed E-state index contributed by atoms with van der Waals surface area (Å²) in [4.78, 5) is 17.8. The number of nitrogens with zero attached hydrogens (tertiary/aromatic N) is 3. The number of carbonyl (C=O) groups is 1. The van der Waals surface area contributed by atoms with Crippen molar-refractivity contribution in [1.82, 2.24) is 14.3 Å². The number of ether oxygens (including phenoxy) is 1. The molecule has 2 heterocycles. The van der Waals surface area contributed by atoms with Crippen LogP contribution in [0, 0.1) is 5.82 Å². The van der Waals surface area contributed by atoms with Crippen LogP contribution in [0.3, 0.4) is 0 Å². The van der Waals surface area contributed by atoms with Crippen LogP contribution in [-0.4, -0.2) is 34.4 Å². The number of urea groups is 1. The maximum Gasteiger partial charge on any atom is 0.321 e. The number of carbonyl (C=O) groups excluding carboxylic acids is 1. The minimum absolute atomic E-state index is 0.0961. The highest BCUT2D eigenvalue weighted by molar-refractivity contribution is 7.05. The number of methoxy groups -OCH3 is 1. The molecule has 2 aromatic rings. The molecule has 0 fully saturated rings. The van der Waals surface area contributed by atoms with Crippen LogP contribution < -0.4 is 10.1 Å². The van der Waals surface area contributed by atoms with E-state index in [9.17, 15) is 9.18 Å². The number of hydrogen-bond donors (Lipinski definition) is 1. The molecule has 2 rings (SSSR count). The van der Waals surface area contributed by atoms with Gasteiger partial charge in [-0.2, -0.15) is 4.37 Å². The number of halogens is 1. The highest BCUT2D eigenvalue weighted by Gasteiger charge is 2.13. The Morgan fingerprint density at radius 1 is 1.60 bits per heavy atom. The van der Waals surface area contributed by atoms with Gasteiger partial charge in [-0.05, 0) is 17.6 Å². The quantitative estimate of drug-likeness (QED) is 0.940. The monoisotopic (exact) mass is 296 g/mol. The molecule has 2 amide bonds. The molecule has 0 spiro atoms. The first-order valence-electron chi connectivity index (χ1n) is 5.71. The standard InChI is InChI=1S/C12H13FN4O2S/c1-17(7-8-5-11(19-2)16-20-8)12(18)15-10-3-4-14-6-9(10)13/h3-6H,7H2,1-2H3,(H,14,15,18). The Balaban J connectivity index is 1.97. The van der Waals surface area contributed by atoms with E-state index in [1.807, 2.05) is 0 Å². The zero-order chi connectivity index (χ0) is 14.5. The maximum atomic E-state index is 13.4. The van der Waals surface area contributed by atoms with Gasteiger partial charge in [0.15, 0.2) is 5.82 Å². The van der Waals surface area contributed by atoms with Crippen molar-refractivity contribution < 1.29 is 13.9 Å². The summed E-state index contributed by atoms with van der Waals surface area (Å²) in [6.07, 6.45) is 2.45. The van der Waals surface area contributed by atoms with Gasteiger partial charge in [0.2, 0.25) is 5.88 Å². The summed E-state index contributed by atoms with van der Waals surface area (Å²) in [5.41, 5.74) is 0.0961. The van der Waals surface area contributed by atoms with Gasteiger partial charge in [-0.1, -0.05) is 0 Å². The van der Waals surface area contributed by atoms with Crippen molar-refractivity contribution in [3.8, 4) is 5.88 Å². The van der Waals surface area contributed by atoms with Crippen LogP contribution in [0.5, 0.6) is 5.88 Å². The average molecular weight is 296 g/mol. The van der Waals surface area contributed by atoms with Gasteiger partial charge in [-0.3, -0.25) is 4.98 Å². The molecular weight excluding hydrogens is 283 g/mol. The number of pyridine rings is 1. The van der Waals surface area contributed by atoms with Crippen molar-refractivity contribution in [2.45, 2.75) is 6.54 Å². The summed E-state index contributed by atoms with van der Waals surface area (Å²) in [5, 5.41) is 2.48. The lowest BCUT2D eigenvalue weighted by Gasteiger charge is -2.16. The number of aromatic nitrogens is 2. The molecule has 0 aromatic carbocycles. The molecule has 20 heavy (non-hydrogen) atoms. The second kappa shape index (κ2) is 6.29. The smallest absolute Gasteiger partial charge is 0.321 e. The van der Waals surface area contributed by atoms with Crippen LogP contribution in [0.25, 0.3) is 0 Å². The zero-order valence-corrected chi connectivity index (χ0v) is 11.8. The third kappa shape index (κ3) is 3.41. The molecule has 2 aromatic heterocycles. The van der Waals surface area contributed by atoms with Crippen molar-refractivity contribution in [2.24, 2.45) is 0 Å². The first-order chi connectivity index (χ1) is 9.60. The minimum Gasteiger partial charge on any atom is -0.480 e. The normalized spacial score (nSPS) is 10.2. The summed E-state index contributed by atoms with van der Waals surface area (Å²) in [6.45, 7) is 0.361. The first-order valence-corrected chi connectivity index (χ1v) is 6.48. The third-order valence-corrected chi connectivity index (χ3v) is 3.25. The van der Waals surface area contributed by atoms with Crippen molar-refractivity contribution in [1.29, 1.82) is 0 Å². The Labute approximate surface area is 119 Å². The van der Waals surface area contributed by atoms with E-state index < -0.39 is 11.8 Å². The second-order valence-corrected chi connectivity index (χ2v) is 4.87. The van der Waals surface area contributed by atoms with E-state index in [0.717, 1.165) is 11.1 Å². The van der Waals surface area contributed by atoms with Crippen LogP contribution in [0.2, 0.25) is 0 Å².